The SMILES string of the molecule is CCOc1cc(Cl)c(N)c(Cl)c1. The molecular formula is C8H9Cl2NO. The van der Waals surface area contributed by atoms with Gasteiger partial charge in [-0.1, -0.05) is 23.2 Å². The van der Waals surface area contributed by atoms with E-state index in [1.54, 1.807) is 12.1 Å². The monoisotopic (exact) mass is 205 g/mol. The fourth-order valence-corrected chi connectivity index (χ4v) is 1.28. The molecule has 0 radical (unpaired) electrons. The van der Waals surface area contributed by atoms with Gasteiger partial charge in [0.25, 0.3) is 0 Å². The minimum atomic E-state index is 0.391. The van der Waals surface area contributed by atoms with Crippen molar-refractivity contribution in [2.24, 2.45) is 0 Å². The Kier molecular flexibility index (Phi) is 3.06. The zero-order valence-corrected chi connectivity index (χ0v) is 8.12. The highest BCUT2D eigenvalue weighted by molar-refractivity contribution is 6.39. The molecule has 0 aliphatic rings. The number of rotatable bonds is 2. The molecule has 0 atom stereocenters. The van der Waals surface area contributed by atoms with Crippen molar-refractivity contribution in [1.82, 2.24) is 0 Å². The van der Waals surface area contributed by atoms with Gasteiger partial charge >= 0.3 is 0 Å². The van der Waals surface area contributed by atoms with Gasteiger partial charge in [0.1, 0.15) is 5.75 Å². The highest BCUT2D eigenvalue weighted by atomic mass is 35.5. The van der Waals surface area contributed by atoms with E-state index in [0.29, 0.717) is 28.1 Å². The molecule has 0 heterocycles. The zero-order chi connectivity index (χ0) is 9.14. The Bertz CT molecular complexity index is 265. The summed E-state index contributed by atoms with van der Waals surface area (Å²) in [6.45, 7) is 2.47. The maximum Gasteiger partial charge on any atom is 0.122 e. The molecule has 0 aromatic heterocycles. The van der Waals surface area contributed by atoms with E-state index in [4.69, 9.17) is 33.7 Å². The van der Waals surface area contributed by atoms with Crippen molar-refractivity contribution in [3.05, 3.63) is 22.2 Å². The van der Waals surface area contributed by atoms with E-state index in [0.717, 1.165) is 0 Å². The number of anilines is 1. The first kappa shape index (κ1) is 9.49. The van der Waals surface area contributed by atoms with Crippen LogP contribution in [0.4, 0.5) is 5.69 Å². The molecule has 1 aromatic rings. The van der Waals surface area contributed by atoms with Gasteiger partial charge in [0, 0.05) is 12.1 Å². The molecule has 2 nitrogen and oxygen atoms in total. The highest BCUT2D eigenvalue weighted by Crippen LogP contribution is 2.32. The summed E-state index contributed by atoms with van der Waals surface area (Å²) in [5.41, 5.74) is 5.92. The van der Waals surface area contributed by atoms with Crippen molar-refractivity contribution in [2.75, 3.05) is 12.3 Å². The number of ether oxygens (including phenoxy) is 1. The molecule has 0 aliphatic heterocycles. The highest BCUT2D eigenvalue weighted by Gasteiger charge is 2.04. The molecule has 0 fully saturated rings. The van der Waals surface area contributed by atoms with Crippen LogP contribution in [0.15, 0.2) is 12.1 Å². The molecule has 0 aliphatic carbocycles. The number of nitrogen functional groups attached to an aromatic ring is 1. The minimum Gasteiger partial charge on any atom is -0.494 e. The summed E-state index contributed by atoms with van der Waals surface area (Å²) < 4.78 is 5.20. The van der Waals surface area contributed by atoms with Gasteiger partial charge in [0.15, 0.2) is 0 Å². The van der Waals surface area contributed by atoms with Gasteiger partial charge in [-0.3, -0.25) is 0 Å². The molecule has 0 saturated heterocycles. The molecule has 0 bridgehead atoms. The number of hydrogen-bond acceptors (Lipinski definition) is 2. The Labute approximate surface area is 81.2 Å². The first-order valence-corrected chi connectivity index (χ1v) is 4.28. The van der Waals surface area contributed by atoms with Crippen LogP contribution in [0.2, 0.25) is 10.0 Å². The lowest BCUT2D eigenvalue weighted by molar-refractivity contribution is 0.340. The van der Waals surface area contributed by atoms with Crippen LogP contribution in [0.5, 0.6) is 5.75 Å². The molecule has 2 N–H and O–H groups in total. The second kappa shape index (κ2) is 3.87. The number of halogens is 2. The Hall–Kier alpha value is -0.600. The molecule has 12 heavy (non-hydrogen) atoms. The molecule has 1 rings (SSSR count). The molecule has 0 amide bonds. The summed E-state index contributed by atoms with van der Waals surface area (Å²) in [4.78, 5) is 0. The molecule has 0 unspecified atom stereocenters. The lowest BCUT2D eigenvalue weighted by Gasteiger charge is -2.06. The van der Waals surface area contributed by atoms with E-state index in [1.165, 1.54) is 0 Å². The third-order valence-electron chi connectivity index (χ3n) is 1.36. The van der Waals surface area contributed by atoms with Crippen LogP contribution >= 0.6 is 23.2 Å². The fraction of sp³-hybridized carbons (Fsp3) is 0.250. The average Bonchev–Trinajstić information content (AvgIpc) is 2.01. The normalized spacial score (nSPS) is 9.92. The van der Waals surface area contributed by atoms with Crippen LogP contribution in [0.1, 0.15) is 6.92 Å². The zero-order valence-electron chi connectivity index (χ0n) is 6.60. The predicted octanol–water partition coefficient (Wildman–Crippen LogP) is 2.97. The first-order valence-electron chi connectivity index (χ1n) is 3.52. The van der Waals surface area contributed by atoms with E-state index in [2.05, 4.69) is 0 Å². The molecule has 4 heteroatoms. The first-order chi connectivity index (χ1) is 5.65. The Morgan fingerprint density at radius 3 is 2.25 bits per heavy atom. The van der Waals surface area contributed by atoms with Gasteiger partial charge < -0.3 is 10.5 Å². The van der Waals surface area contributed by atoms with Crippen LogP contribution in [0, 0.1) is 0 Å². The minimum absolute atomic E-state index is 0.391. The van der Waals surface area contributed by atoms with Gasteiger partial charge in [0.05, 0.1) is 22.3 Å². The van der Waals surface area contributed by atoms with Gasteiger partial charge in [-0.05, 0) is 6.92 Å². The van der Waals surface area contributed by atoms with Gasteiger partial charge in [-0.15, -0.1) is 0 Å². The van der Waals surface area contributed by atoms with Crippen molar-refractivity contribution >= 4 is 28.9 Å². The average molecular weight is 206 g/mol. The maximum absolute atomic E-state index is 5.77. The maximum atomic E-state index is 5.77. The Morgan fingerprint density at radius 2 is 1.83 bits per heavy atom. The largest absolute Gasteiger partial charge is 0.494 e. The molecule has 66 valence electrons. The van der Waals surface area contributed by atoms with E-state index >= 15 is 0 Å². The number of benzene rings is 1. The van der Waals surface area contributed by atoms with Crippen LogP contribution in [0.3, 0.4) is 0 Å². The van der Waals surface area contributed by atoms with Gasteiger partial charge in [-0.2, -0.15) is 0 Å². The lowest BCUT2D eigenvalue weighted by atomic mass is 10.3. The van der Waals surface area contributed by atoms with Crippen molar-refractivity contribution in [3.63, 3.8) is 0 Å². The van der Waals surface area contributed by atoms with Crippen molar-refractivity contribution < 1.29 is 4.74 Å². The fourth-order valence-electron chi connectivity index (χ4n) is 0.811. The quantitative estimate of drug-likeness (QED) is 0.755. The number of nitrogens with two attached hydrogens (primary N) is 1. The summed E-state index contributed by atoms with van der Waals surface area (Å²) in [7, 11) is 0. The Morgan fingerprint density at radius 1 is 1.33 bits per heavy atom. The predicted molar refractivity (Wildman–Crippen MR) is 52.0 cm³/mol. The van der Waals surface area contributed by atoms with E-state index in [1.807, 2.05) is 6.92 Å². The summed E-state index contributed by atoms with van der Waals surface area (Å²) in [5, 5.41) is 0.844. The molecular weight excluding hydrogens is 197 g/mol. The third-order valence-corrected chi connectivity index (χ3v) is 1.99. The summed E-state index contributed by atoms with van der Waals surface area (Å²) in [5.74, 6) is 0.640. The number of hydrogen-bond donors (Lipinski definition) is 1. The van der Waals surface area contributed by atoms with Gasteiger partial charge in [0.2, 0.25) is 0 Å². The van der Waals surface area contributed by atoms with Crippen LogP contribution in [-0.2, 0) is 0 Å². The van der Waals surface area contributed by atoms with E-state index < -0.39 is 0 Å². The summed E-state index contributed by atoms with van der Waals surface area (Å²) >= 11 is 11.5. The lowest BCUT2D eigenvalue weighted by Crippen LogP contribution is -1.93. The molecule has 0 spiro atoms. The Balaban J connectivity index is 3.04. The topological polar surface area (TPSA) is 35.2 Å². The van der Waals surface area contributed by atoms with E-state index in [-0.39, 0.29) is 0 Å². The molecule has 0 saturated carbocycles. The summed E-state index contributed by atoms with van der Waals surface area (Å²) in [6.07, 6.45) is 0. The smallest absolute Gasteiger partial charge is 0.122 e. The van der Waals surface area contributed by atoms with Crippen LogP contribution in [-0.4, -0.2) is 6.61 Å². The van der Waals surface area contributed by atoms with Crippen molar-refractivity contribution in [1.29, 1.82) is 0 Å². The summed E-state index contributed by atoms with van der Waals surface area (Å²) in [6, 6.07) is 3.29. The van der Waals surface area contributed by atoms with E-state index in [9.17, 15) is 0 Å². The van der Waals surface area contributed by atoms with Gasteiger partial charge in [-0.25, -0.2) is 0 Å². The second-order valence-corrected chi connectivity index (χ2v) is 3.05. The van der Waals surface area contributed by atoms with Crippen molar-refractivity contribution in [2.45, 2.75) is 6.92 Å². The standard InChI is InChI=1S/C8H9Cl2NO/c1-2-12-5-3-6(9)8(11)7(10)4-5/h3-4H,2,11H2,1H3. The second-order valence-electron chi connectivity index (χ2n) is 2.23. The molecule has 1 aromatic carbocycles. The van der Waals surface area contributed by atoms with Crippen molar-refractivity contribution in [3.8, 4) is 5.75 Å². The third kappa shape index (κ3) is 1.96. The van der Waals surface area contributed by atoms with Crippen LogP contribution < -0.4 is 10.5 Å². The van der Waals surface area contributed by atoms with Crippen LogP contribution in [0.25, 0.3) is 0 Å².